The molecule has 3 nitrogen and oxygen atoms in total. The Morgan fingerprint density at radius 1 is 1.55 bits per heavy atom. The Balaban J connectivity index is 3.44. The number of unbranched alkanes of at least 4 members (excludes halogenated alkanes) is 2. The number of hydrogen-bond donors (Lipinski definition) is 1. The maximum atomic E-state index is 5.13. The SMILES string of the molecule is C=CN(CCCCC)/N=C\N. The molecular formula is C8H17N3. The van der Waals surface area contributed by atoms with Gasteiger partial charge < -0.3 is 5.73 Å². The van der Waals surface area contributed by atoms with E-state index in [0.717, 1.165) is 13.0 Å². The van der Waals surface area contributed by atoms with Gasteiger partial charge in [0, 0.05) is 12.7 Å². The van der Waals surface area contributed by atoms with Gasteiger partial charge in [-0.2, -0.15) is 5.10 Å². The Morgan fingerprint density at radius 2 is 2.27 bits per heavy atom. The van der Waals surface area contributed by atoms with Gasteiger partial charge in [-0.3, -0.25) is 5.01 Å². The first kappa shape index (κ1) is 10.0. The van der Waals surface area contributed by atoms with Crippen molar-refractivity contribution in [2.75, 3.05) is 6.54 Å². The minimum atomic E-state index is 0.908. The molecule has 0 spiro atoms. The van der Waals surface area contributed by atoms with Crippen LogP contribution < -0.4 is 5.73 Å². The minimum absolute atomic E-state index is 0.908. The van der Waals surface area contributed by atoms with E-state index in [0.29, 0.717) is 0 Å². The van der Waals surface area contributed by atoms with Gasteiger partial charge >= 0.3 is 0 Å². The van der Waals surface area contributed by atoms with E-state index < -0.39 is 0 Å². The molecule has 0 aromatic heterocycles. The van der Waals surface area contributed by atoms with Gasteiger partial charge in [0.25, 0.3) is 0 Å². The summed E-state index contributed by atoms with van der Waals surface area (Å²) in [5, 5.41) is 5.63. The zero-order valence-corrected chi connectivity index (χ0v) is 7.16. The summed E-state index contributed by atoms with van der Waals surface area (Å²) < 4.78 is 0. The third-order valence-electron chi connectivity index (χ3n) is 1.42. The summed E-state index contributed by atoms with van der Waals surface area (Å²) in [6.07, 6.45) is 6.55. The van der Waals surface area contributed by atoms with Gasteiger partial charge in [0.1, 0.15) is 6.34 Å². The van der Waals surface area contributed by atoms with Crippen LogP contribution >= 0.6 is 0 Å². The molecule has 0 saturated carbocycles. The molecule has 0 unspecified atom stereocenters. The van der Waals surface area contributed by atoms with Crippen molar-refractivity contribution in [1.29, 1.82) is 0 Å². The van der Waals surface area contributed by atoms with Crippen molar-refractivity contribution in [2.24, 2.45) is 10.8 Å². The van der Waals surface area contributed by atoms with E-state index in [-0.39, 0.29) is 0 Å². The summed E-state index contributed by atoms with van der Waals surface area (Å²) in [5.74, 6) is 0. The van der Waals surface area contributed by atoms with Crippen LogP contribution in [0.15, 0.2) is 17.9 Å². The molecule has 0 radical (unpaired) electrons. The molecular weight excluding hydrogens is 138 g/mol. The van der Waals surface area contributed by atoms with Gasteiger partial charge in [-0.05, 0) is 6.42 Å². The highest BCUT2D eigenvalue weighted by molar-refractivity contribution is 5.50. The number of rotatable bonds is 6. The summed E-state index contributed by atoms with van der Waals surface area (Å²) in [6, 6.07) is 0. The lowest BCUT2D eigenvalue weighted by Gasteiger charge is -2.11. The van der Waals surface area contributed by atoms with E-state index in [4.69, 9.17) is 5.73 Å². The van der Waals surface area contributed by atoms with E-state index in [1.807, 2.05) is 0 Å². The summed E-state index contributed by atoms with van der Waals surface area (Å²) in [6.45, 7) is 6.69. The maximum Gasteiger partial charge on any atom is 0.106 e. The van der Waals surface area contributed by atoms with Crippen molar-refractivity contribution in [2.45, 2.75) is 26.2 Å². The highest BCUT2D eigenvalue weighted by Gasteiger charge is 1.92. The van der Waals surface area contributed by atoms with Crippen molar-refractivity contribution in [3.8, 4) is 0 Å². The van der Waals surface area contributed by atoms with Crippen LogP contribution in [-0.4, -0.2) is 17.9 Å². The second kappa shape index (κ2) is 7.12. The summed E-state index contributed by atoms with van der Waals surface area (Å²) in [4.78, 5) is 0. The van der Waals surface area contributed by atoms with Crippen LogP contribution in [0, 0.1) is 0 Å². The molecule has 0 fully saturated rings. The maximum absolute atomic E-state index is 5.13. The van der Waals surface area contributed by atoms with Crippen LogP contribution in [0.25, 0.3) is 0 Å². The monoisotopic (exact) mass is 155 g/mol. The van der Waals surface area contributed by atoms with Crippen molar-refractivity contribution in [3.63, 3.8) is 0 Å². The third-order valence-corrected chi connectivity index (χ3v) is 1.42. The average Bonchev–Trinajstić information content (AvgIpc) is 2.03. The van der Waals surface area contributed by atoms with Gasteiger partial charge in [0.2, 0.25) is 0 Å². The van der Waals surface area contributed by atoms with Gasteiger partial charge in [-0.25, -0.2) is 0 Å². The largest absolute Gasteiger partial charge is 0.388 e. The van der Waals surface area contributed by atoms with Crippen molar-refractivity contribution < 1.29 is 0 Å². The second-order valence-electron chi connectivity index (χ2n) is 2.32. The molecule has 0 bridgehead atoms. The topological polar surface area (TPSA) is 41.6 Å². The molecule has 0 rings (SSSR count). The van der Waals surface area contributed by atoms with Crippen molar-refractivity contribution >= 4 is 6.34 Å². The Labute approximate surface area is 68.6 Å². The van der Waals surface area contributed by atoms with Crippen LogP contribution in [-0.2, 0) is 0 Å². The van der Waals surface area contributed by atoms with Crippen LogP contribution in [0.3, 0.4) is 0 Å². The molecule has 0 atom stereocenters. The Morgan fingerprint density at radius 3 is 2.73 bits per heavy atom. The molecule has 0 aliphatic heterocycles. The first-order valence-electron chi connectivity index (χ1n) is 3.98. The molecule has 0 saturated heterocycles. The summed E-state index contributed by atoms with van der Waals surface area (Å²) in [5.41, 5.74) is 5.13. The van der Waals surface area contributed by atoms with E-state index in [1.54, 1.807) is 11.2 Å². The van der Waals surface area contributed by atoms with Crippen molar-refractivity contribution in [1.82, 2.24) is 5.01 Å². The zero-order valence-electron chi connectivity index (χ0n) is 7.16. The molecule has 0 aromatic rings. The molecule has 0 aliphatic rings. The van der Waals surface area contributed by atoms with Gasteiger partial charge in [0.05, 0.1) is 0 Å². The highest BCUT2D eigenvalue weighted by Crippen LogP contribution is 1.98. The first-order valence-corrected chi connectivity index (χ1v) is 3.98. The molecule has 0 aliphatic carbocycles. The predicted molar refractivity (Wildman–Crippen MR) is 49.1 cm³/mol. The van der Waals surface area contributed by atoms with Gasteiger partial charge in [0.15, 0.2) is 0 Å². The van der Waals surface area contributed by atoms with Crippen LogP contribution in [0.4, 0.5) is 0 Å². The standard InChI is InChI=1S/C8H17N3/c1-3-5-6-7-11(4-2)10-8-9/h4,8H,2-3,5-7H2,1H3,(H2,9,10). The molecule has 0 heterocycles. The van der Waals surface area contributed by atoms with E-state index >= 15 is 0 Å². The van der Waals surface area contributed by atoms with Gasteiger partial charge in [-0.15, -0.1) is 0 Å². The van der Waals surface area contributed by atoms with Crippen LogP contribution in [0.2, 0.25) is 0 Å². The Hall–Kier alpha value is -0.990. The molecule has 11 heavy (non-hydrogen) atoms. The number of hydrogen-bond acceptors (Lipinski definition) is 2. The number of hydrazone groups is 1. The molecule has 0 aromatic carbocycles. The molecule has 64 valence electrons. The average molecular weight is 155 g/mol. The third kappa shape index (κ3) is 5.45. The fourth-order valence-electron chi connectivity index (χ4n) is 0.806. The van der Waals surface area contributed by atoms with Crippen LogP contribution in [0.1, 0.15) is 26.2 Å². The van der Waals surface area contributed by atoms with Gasteiger partial charge in [-0.1, -0.05) is 26.3 Å². The smallest absolute Gasteiger partial charge is 0.106 e. The Kier molecular flexibility index (Phi) is 6.48. The fraction of sp³-hybridized carbons (Fsp3) is 0.625. The Bertz CT molecular complexity index is 121. The van der Waals surface area contributed by atoms with Crippen molar-refractivity contribution in [3.05, 3.63) is 12.8 Å². The lowest BCUT2D eigenvalue weighted by molar-refractivity contribution is 0.387. The quantitative estimate of drug-likeness (QED) is 0.273. The van der Waals surface area contributed by atoms with E-state index in [2.05, 4.69) is 18.6 Å². The number of nitrogens with zero attached hydrogens (tertiary/aromatic N) is 2. The molecule has 0 amide bonds. The normalized spacial score (nSPS) is 10.3. The lowest BCUT2D eigenvalue weighted by Crippen LogP contribution is -2.12. The first-order chi connectivity index (χ1) is 5.35. The fourth-order valence-corrected chi connectivity index (χ4v) is 0.806. The van der Waals surface area contributed by atoms with E-state index in [1.165, 1.54) is 19.2 Å². The lowest BCUT2D eigenvalue weighted by atomic mass is 10.2. The van der Waals surface area contributed by atoms with E-state index in [9.17, 15) is 0 Å². The van der Waals surface area contributed by atoms with Crippen LogP contribution in [0.5, 0.6) is 0 Å². The predicted octanol–water partition coefficient (Wildman–Crippen LogP) is 1.52. The molecule has 3 heteroatoms. The minimum Gasteiger partial charge on any atom is -0.388 e. The highest BCUT2D eigenvalue weighted by atomic mass is 15.4. The molecule has 2 N–H and O–H groups in total. The summed E-state index contributed by atoms with van der Waals surface area (Å²) in [7, 11) is 0. The zero-order chi connectivity index (χ0) is 8.53. The number of nitrogens with two attached hydrogens (primary N) is 1. The second-order valence-corrected chi connectivity index (χ2v) is 2.32. The summed E-state index contributed by atoms with van der Waals surface area (Å²) >= 11 is 0.